The van der Waals surface area contributed by atoms with Crippen molar-refractivity contribution < 1.29 is 4.74 Å². The number of nitrogens with one attached hydrogen (secondary N) is 1. The average molecular weight is 346 g/mol. The van der Waals surface area contributed by atoms with Crippen molar-refractivity contribution in [1.82, 2.24) is 5.32 Å². The molecular formula is C18H20BrNO. The molecule has 0 radical (unpaired) electrons. The van der Waals surface area contributed by atoms with E-state index in [0.717, 1.165) is 31.6 Å². The van der Waals surface area contributed by atoms with Crippen LogP contribution in [-0.2, 0) is 12.8 Å². The summed E-state index contributed by atoms with van der Waals surface area (Å²) in [5.41, 5.74) is 4.07. The summed E-state index contributed by atoms with van der Waals surface area (Å²) in [5.74, 6) is 1.06. The lowest BCUT2D eigenvalue weighted by molar-refractivity contribution is 0.357. The number of aryl methyl sites for hydroxylation is 1. The molecule has 0 aliphatic carbocycles. The van der Waals surface area contributed by atoms with Crippen LogP contribution < -0.4 is 10.1 Å². The van der Waals surface area contributed by atoms with Gasteiger partial charge in [0.15, 0.2) is 0 Å². The van der Waals surface area contributed by atoms with Gasteiger partial charge in [0, 0.05) is 16.9 Å². The van der Waals surface area contributed by atoms with Crippen LogP contribution in [0.15, 0.2) is 46.9 Å². The molecule has 1 aliphatic rings. The highest BCUT2D eigenvalue weighted by atomic mass is 79.9. The van der Waals surface area contributed by atoms with Crippen LogP contribution in [-0.4, -0.2) is 13.7 Å². The number of fused-ring (bicyclic) bond motifs is 1. The highest BCUT2D eigenvalue weighted by Crippen LogP contribution is 2.29. The maximum atomic E-state index is 5.57. The third-order valence-electron chi connectivity index (χ3n) is 4.10. The third-order valence-corrected chi connectivity index (χ3v) is 4.83. The van der Waals surface area contributed by atoms with E-state index in [9.17, 15) is 0 Å². The van der Waals surface area contributed by atoms with E-state index in [4.69, 9.17) is 4.74 Å². The summed E-state index contributed by atoms with van der Waals surface area (Å²) in [5, 5.41) is 3.43. The zero-order valence-electron chi connectivity index (χ0n) is 12.2. The molecule has 21 heavy (non-hydrogen) atoms. The van der Waals surface area contributed by atoms with Crippen molar-refractivity contribution in [1.29, 1.82) is 0 Å². The van der Waals surface area contributed by atoms with Crippen molar-refractivity contribution >= 4 is 15.9 Å². The molecule has 0 spiro atoms. The lowest BCUT2D eigenvalue weighted by Gasteiger charge is -2.18. The van der Waals surface area contributed by atoms with Crippen molar-refractivity contribution in [2.45, 2.75) is 25.3 Å². The molecule has 2 aromatic rings. The molecule has 1 N–H and O–H groups in total. The molecule has 3 rings (SSSR count). The minimum atomic E-state index is 0.366. The molecular weight excluding hydrogens is 326 g/mol. The van der Waals surface area contributed by atoms with Crippen molar-refractivity contribution in [2.24, 2.45) is 0 Å². The Morgan fingerprint density at radius 2 is 2.10 bits per heavy atom. The maximum absolute atomic E-state index is 5.57. The normalized spacial score (nSPS) is 14.6. The van der Waals surface area contributed by atoms with E-state index in [-0.39, 0.29) is 0 Å². The van der Waals surface area contributed by atoms with E-state index in [0.29, 0.717) is 6.04 Å². The van der Waals surface area contributed by atoms with E-state index in [1.54, 1.807) is 0 Å². The topological polar surface area (TPSA) is 21.3 Å². The number of rotatable bonds is 5. The summed E-state index contributed by atoms with van der Waals surface area (Å²) < 4.78 is 6.74. The number of benzene rings is 2. The van der Waals surface area contributed by atoms with Gasteiger partial charge in [-0.1, -0.05) is 46.3 Å². The van der Waals surface area contributed by atoms with Gasteiger partial charge in [0.05, 0.1) is 6.61 Å². The molecule has 0 aromatic heterocycles. The summed E-state index contributed by atoms with van der Waals surface area (Å²) in [6, 6.07) is 15.4. The number of halogens is 1. The van der Waals surface area contributed by atoms with Crippen LogP contribution in [0.3, 0.4) is 0 Å². The summed E-state index contributed by atoms with van der Waals surface area (Å²) >= 11 is 3.65. The molecule has 0 saturated carbocycles. The quantitative estimate of drug-likeness (QED) is 0.873. The zero-order chi connectivity index (χ0) is 14.7. The van der Waals surface area contributed by atoms with Gasteiger partial charge in [-0.25, -0.2) is 0 Å². The van der Waals surface area contributed by atoms with Gasteiger partial charge in [-0.3, -0.25) is 0 Å². The molecule has 1 unspecified atom stereocenters. The van der Waals surface area contributed by atoms with Gasteiger partial charge in [-0.15, -0.1) is 0 Å². The van der Waals surface area contributed by atoms with Gasteiger partial charge < -0.3 is 10.1 Å². The Kier molecular flexibility index (Phi) is 4.61. The molecule has 1 heterocycles. The molecule has 1 aliphatic heterocycles. The smallest absolute Gasteiger partial charge is 0.122 e. The van der Waals surface area contributed by atoms with Crippen molar-refractivity contribution in [3.63, 3.8) is 0 Å². The minimum Gasteiger partial charge on any atom is -0.493 e. The van der Waals surface area contributed by atoms with Gasteiger partial charge in [-0.2, -0.15) is 0 Å². The Labute approximate surface area is 134 Å². The Morgan fingerprint density at radius 3 is 2.90 bits per heavy atom. The third kappa shape index (κ3) is 3.30. The monoisotopic (exact) mass is 345 g/mol. The van der Waals surface area contributed by atoms with Crippen molar-refractivity contribution in [2.75, 3.05) is 13.7 Å². The first-order valence-corrected chi connectivity index (χ1v) is 8.23. The molecule has 0 bridgehead atoms. The zero-order valence-corrected chi connectivity index (χ0v) is 13.8. The Morgan fingerprint density at radius 1 is 1.24 bits per heavy atom. The molecule has 0 fully saturated rings. The summed E-state index contributed by atoms with van der Waals surface area (Å²) in [6.45, 7) is 0.828. The van der Waals surface area contributed by atoms with E-state index in [2.05, 4.69) is 63.7 Å². The van der Waals surface area contributed by atoms with Crippen LogP contribution in [0.5, 0.6) is 5.75 Å². The predicted molar refractivity (Wildman–Crippen MR) is 89.9 cm³/mol. The molecule has 3 heteroatoms. The van der Waals surface area contributed by atoms with Crippen LogP contribution in [0.4, 0.5) is 0 Å². The van der Waals surface area contributed by atoms with Crippen LogP contribution in [0.25, 0.3) is 0 Å². The van der Waals surface area contributed by atoms with Gasteiger partial charge in [0.25, 0.3) is 0 Å². The fourth-order valence-corrected chi connectivity index (χ4v) is 3.48. The number of ether oxygens (including phenoxy) is 1. The van der Waals surface area contributed by atoms with E-state index < -0.39 is 0 Å². The first kappa shape index (κ1) is 14.6. The summed E-state index contributed by atoms with van der Waals surface area (Å²) in [7, 11) is 2.03. The fourth-order valence-electron chi connectivity index (χ4n) is 2.92. The molecule has 2 nitrogen and oxygen atoms in total. The number of hydrogen-bond acceptors (Lipinski definition) is 2. The van der Waals surface area contributed by atoms with Crippen LogP contribution in [0, 0.1) is 0 Å². The van der Waals surface area contributed by atoms with E-state index in [1.807, 2.05) is 7.05 Å². The summed E-state index contributed by atoms with van der Waals surface area (Å²) in [6.07, 6.45) is 3.20. The van der Waals surface area contributed by atoms with Crippen LogP contribution in [0.2, 0.25) is 0 Å². The highest BCUT2D eigenvalue weighted by molar-refractivity contribution is 9.10. The Bertz CT molecular complexity index is 626. The van der Waals surface area contributed by atoms with Gasteiger partial charge >= 0.3 is 0 Å². The molecule has 1 atom stereocenters. The fraction of sp³-hybridized carbons (Fsp3) is 0.333. The standard InChI is InChI=1S/C18H20BrNO/c1-20-17(15-4-2-3-5-16(15)19)8-6-13-7-9-18-14(12-13)10-11-21-18/h2-5,7,9,12,17,20H,6,8,10-11H2,1H3. The largest absolute Gasteiger partial charge is 0.493 e. The molecule has 110 valence electrons. The van der Waals surface area contributed by atoms with Crippen LogP contribution >= 0.6 is 15.9 Å². The predicted octanol–water partition coefficient (Wildman–Crippen LogP) is 4.28. The first-order chi connectivity index (χ1) is 10.3. The van der Waals surface area contributed by atoms with Gasteiger partial charge in [0.1, 0.15) is 5.75 Å². The lowest BCUT2D eigenvalue weighted by Crippen LogP contribution is -2.17. The Balaban J connectivity index is 1.70. The first-order valence-electron chi connectivity index (χ1n) is 7.44. The second-order valence-corrected chi connectivity index (χ2v) is 6.30. The van der Waals surface area contributed by atoms with Gasteiger partial charge in [0.2, 0.25) is 0 Å². The van der Waals surface area contributed by atoms with Crippen molar-refractivity contribution in [3.8, 4) is 5.75 Å². The second kappa shape index (κ2) is 6.63. The molecule has 0 saturated heterocycles. The summed E-state index contributed by atoms with van der Waals surface area (Å²) in [4.78, 5) is 0. The van der Waals surface area contributed by atoms with Crippen LogP contribution in [0.1, 0.15) is 29.2 Å². The second-order valence-electron chi connectivity index (χ2n) is 5.44. The highest BCUT2D eigenvalue weighted by Gasteiger charge is 2.14. The van der Waals surface area contributed by atoms with Crippen molar-refractivity contribution in [3.05, 3.63) is 63.6 Å². The molecule has 2 aromatic carbocycles. The SMILES string of the molecule is CNC(CCc1ccc2c(c1)CCO2)c1ccccc1Br. The minimum absolute atomic E-state index is 0.366. The average Bonchev–Trinajstić information content (AvgIpc) is 2.97. The van der Waals surface area contributed by atoms with Gasteiger partial charge in [-0.05, 0) is 48.7 Å². The lowest BCUT2D eigenvalue weighted by atomic mass is 9.98. The van der Waals surface area contributed by atoms with E-state index in [1.165, 1.54) is 21.2 Å². The Hall–Kier alpha value is -1.32. The maximum Gasteiger partial charge on any atom is 0.122 e. The van der Waals surface area contributed by atoms with E-state index >= 15 is 0 Å². The molecule has 0 amide bonds. The number of hydrogen-bond donors (Lipinski definition) is 1.